The van der Waals surface area contributed by atoms with Crippen LogP contribution >= 0.6 is 0 Å². The summed E-state index contributed by atoms with van der Waals surface area (Å²) >= 11 is 0. The van der Waals surface area contributed by atoms with Gasteiger partial charge >= 0.3 is 5.97 Å². The van der Waals surface area contributed by atoms with Crippen LogP contribution < -0.4 is 0 Å². The van der Waals surface area contributed by atoms with Gasteiger partial charge in [0.05, 0.1) is 30.0 Å². The number of halogens is 1. The van der Waals surface area contributed by atoms with Crippen molar-refractivity contribution in [2.45, 2.75) is 57.9 Å². The highest BCUT2D eigenvalue weighted by Crippen LogP contribution is 2.42. The van der Waals surface area contributed by atoms with E-state index in [9.17, 15) is 29.3 Å². The van der Waals surface area contributed by atoms with Crippen molar-refractivity contribution in [3.63, 3.8) is 0 Å². The second-order valence-electron chi connectivity index (χ2n) is 10.3. The molecule has 4 N–H and O–H groups in total. The van der Waals surface area contributed by atoms with Crippen molar-refractivity contribution in [3.05, 3.63) is 82.8 Å². The fraction of sp³-hybridized carbons (Fsp3) is 0.323. The zero-order valence-corrected chi connectivity index (χ0v) is 22.4. The number of aliphatic hydroxyl groups excluding tert-OH is 3. The summed E-state index contributed by atoms with van der Waals surface area (Å²) in [6, 6.07) is 13.6. The maximum absolute atomic E-state index is 14.0. The second-order valence-corrected chi connectivity index (χ2v) is 10.3. The molecule has 0 fully saturated rings. The van der Waals surface area contributed by atoms with Crippen molar-refractivity contribution < 1.29 is 34.4 Å². The highest BCUT2D eigenvalue weighted by molar-refractivity contribution is 5.87. The van der Waals surface area contributed by atoms with Gasteiger partial charge in [-0.1, -0.05) is 62.4 Å². The minimum Gasteiger partial charge on any atom is -0.481 e. The molecule has 0 bridgehead atoms. The van der Waals surface area contributed by atoms with E-state index in [-0.39, 0.29) is 25.4 Å². The van der Waals surface area contributed by atoms with Crippen LogP contribution in [0.4, 0.5) is 4.39 Å². The Labute approximate surface area is 232 Å². The van der Waals surface area contributed by atoms with Crippen molar-refractivity contribution in [1.82, 2.24) is 9.88 Å². The van der Waals surface area contributed by atoms with Gasteiger partial charge in [0.25, 0.3) is 0 Å². The predicted molar refractivity (Wildman–Crippen MR) is 148 cm³/mol. The molecule has 2 atom stereocenters. The van der Waals surface area contributed by atoms with Crippen LogP contribution in [0.2, 0.25) is 0 Å². The SMILES string of the molecule is CC(C)c1nc2c(c(-c3ccc(F)cc3)c1/C=C/[C@@H](O)C[C@@H](O)CC(=O)O)CN(C(=O)CO)Cc1ccccc1-2. The maximum atomic E-state index is 14.0. The lowest BCUT2D eigenvalue weighted by Crippen LogP contribution is -2.32. The lowest BCUT2D eigenvalue weighted by molar-refractivity contribution is -0.139. The number of hydrogen-bond donors (Lipinski definition) is 4. The van der Waals surface area contributed by atoms with E-state index in [4.69, 9.17) is 10.1 Å². The number of nitrogens with zero attached hydrogens (tertiary/aromatic N) is 2. The largest absolute Gasteiger partial charge is 0.481 e. The molecule has 3 aromatic rings. The number of pyridine rings is 1. The van der Waals surface area contributed by atoms with Gasteiger partial charge in [0.2, 0.25) is 5.91 Å². The van der Waals surface area contributed by atoms with Crippen molar-refractivity contribution in [1.29, 1.82) is 0 Å². The Morgan fingerprint density at radius 2 is 1.77 bits per heavy atom. The van der Waals surface area contributed by atoms with E-state index in [0.29, 0.717) is 33.6 Å². The summed E-state index contributed by atoms with van der Waals surface area (Å²) in [5.41, 5.74) is 5.87. The normalized spacial score (nSPS) is 14.5. The Balaban J connectivity index is 1.97. The van der Waals surface area contributed by atoms with E-state index >= 15 is 0 Å². The summed E-state index contributed by atoms with van der Waals surface area (Å²) < 4.78 is 14.0. The monoisotopic (exact) mass is 548 g/mol. The molecule has 0 saturated heterocycles. The number of carboxylic acids is 1. The van der Waals surface area contributed by atoms with E-state index in [2.05, 4.69) is 0 Å². The highest BCUT2D eigenvalue weighted by Gasteiger charge is 2.29. The number of rotatable bonds is 9. The van der Waals surface area contributed by atoms with E-state index in [1.54, 1.807) is 23.1 Å². The first kappa shape index (κ1) is 29.1. The Bertz CT molecular complexity index is 1420. The number of carboxylic acid groups (broad SMARTS) is 1. The lowest BCUT2D eigenvalue weighted by Gasteiger charge is -2.24. The third-order valence-corrected chi connectivity index (χ3v) is 6.92. The Morgan fingerprint density at radius 3 is 2.42 bits per heavy atom. The fourth-order valence-electron chi connectivity index (χ4n) is 5.06. The molecule has 1 aromatic heterocycles. The Morgan fingerprint density at radius 1 is 1.07 bits per heavy atom. The van der Waals surface area contributed by atoms with Crippen molar-refractivity contribution in [2.75, 3.05) is 6.61 Å². The summed E-state index contributed by atoms with van der Waals surface area (Å²) in [5.74, 6) is -2.08. The van der Waals surface area contributed by atoms with Gasteiger partial charge in [-0.25, -0.2) is 4.39 Å². The van der Waals surface area contributed by atoms with Gasteiger partial charge < -0.3 is 25.3 Å². The molecule has 210 valence electrons. The predicted octanol–water partition coefficient (Wildman–Crippen LogP) is 4.11. The van der Waals surface area contributed by atoms with E-state index in [0.717, 1.165) is 11.1 Å². The number of aromatic nitrogens is 1. The van der Waals surface area contributed by atoms with E-state index < -0.39 is 42.9 Å². The lowest BCUT2D eigenvalue weighted by atomic mass is 9.87. The molecule has 2 heterocycles. The molecule has 0 radical (unpaired) electrons. The first-order chi connectivity index (χ1) is 19.1. The molecular formula is C31H33FN2O6. The van der Waals surface area contributed by atoms with Gasteiger partial charge in [-0.2, -0.15) is 0 Å². The molecule has 4 rings (SSSR count). The van der Waals surface area contributed by atoms with Crippen LogP contribution in [-0.4, -0.2) is 61.0 Å². The summed E-state index contributed by atoms with van der Waals surface area (Å²) in [5, 5.41) is 39.2. The Kier molecular flexibility index (Phi) is 9.09. The van der Waals surface area contributed by atoms with Crippen LogP contribution in [0.25, 0.3) is 28.5 Å². The number of amides is 1. The van der Waals surface area contributed by atoms with Gasteiger partial charge in [0, 0.05) is 36.2 Å². The van der Waals surface area contributed by atoms with Crippen molar-refractivity contribution >= 4 is 18.0 Å². The van der Waals surface area contributed by atoms with E-state index in [1.165, 1.54) is 18.2 Å². The molecule has 8 nitrogen and oxygen atoms in total. The van der Waals surface area contributed by atoms with Crippen LogP contribution in [0, 0.1) is 5.82 Å². The molecule has 2 aromatic carbocycles. The molecule has 0 aliphatic carbocycles. The zero-order valence-electron chi connectivity index (χ0n) is 22.4. The van der Waals surface area contributed by atoms with Gasteiger partial charge in [0.15, 0.2) is 0 Å². The third kappa shape index (κ3) is 6.44. The molecule has 1 aliphatic heterocycles. The summed E-state index contributed by atoms with van der Waals surface area (Å²) in [7, 11) is 0. The van der Waals surface area contributed by atoms with Crippen LogP contribution in [0.5, 0.6) is 0 Å². The smallest absolute Gasteiger partial charge is 0.305 e. The van der Waals surface area contributed by atoms with Gasteiger partial charge in [-0.3, -0.25) is 14.6 Å². The first-order valence-corrected chi connectivity index (χ1v) is 13.1. The number of aliphatic carboxylic acids is 1. The number of fused-ring (bicyclic) bond motifs is 3. The van der Waals surface area contributed by atoms with Gasteiger partial charge in [0.1, 0.15) is 12.4 Å². The molecule has 9 heteroatoms. The molecular weight excluding hydrogens is 515 g/mol. The fourth-order valence-corrected chi connectivity index (χ4v) is 5.06. The average Bonchev–Trinajstić information content (AvgIpc) is 3.07. The van der Waals surface area contributed by atoms with E-state index in [1.807, 2.05) is 38.1 Å². The molecule has 1 amide bonds. The van der Waals surface area contributed by atoms with Crippen molar-refractivity contribution in [3.8, 4) is 22.4 Å². The molecule has 0 spiro atoms. The molecule has 40 heavy (non-hydrogen) atoms. The third-order valence-electron chi connectivity index (χ3n) is 6.92. The van der Waals surface area contributed by atoms with Gasteiger partial charge in [-0.15, -0.1) is 0 Å². The van der Waals surface area contributed by atoms with Crippen LogP contribution in [0.15, 0.2) is 54.6 Å². The minimum atomic E-state index is -1.22. The number of hydrogen-bond acceptors (Lipinski definition) is 6. The van der Waals surface area contributed by atoms with Crippen LogP contribution in [0.3, 0.4) is 0 Å². The minimum absolute atomic E-state index is 0.0653. The number of carbonyl (C=O) groups is 2. The van der Waals surface area contributed by atoms with Crippen LogP contribution in [0.1, 0.15) is 55.0 Å². The Hall–Kier alpha value is -3.92. The standard InChI is InChI=1S/C31H33FN2O6/c1-18(2)30-25(12-11-22(36)13-23(37)14-28(39)40)29(19-7-9-21(32)10-8-19)26-16-34(27(38)17-35)15-20-5-3-4-6-24(20)31(26)33-30/h3-12,18,22-23,35-37H,13-17H2,1-2H3,(H,39,40)/b12-11+/t22-,23-/m1/s1. The molecule has 0 saturated carbocycles. The topological polar surface area (TPSA) is 131 Å². The molecule has 1 aliphatic rings. The highest BCUT2D eigenvalue weighted by atomic mass is 19.1. The zero-order chi connectivity index (χ0) is 29.0. The number of benzene rings is 2. The summed E-state index contributed by atoms with van der Waals surface area (Å²) in [6.45, 7) is 3.73. The second kappa shape index (κ2) is 12.5. The summed E-state index contributed by atoms with van der Waals surface area (Å²) in [4.78, 5) is 30.3. The number of carbonyl (C=O) groups excluding carboxylic acids is 1. The maximum Gasteiger partial charge on any atom is 0.305 e. The van der Waals surface area contributed by atoms with Gasteiger partial charge in [-0.05, 0) is 34.7 Å². The quantitative estimate of drug-likeness (QED) is 0.317. The molecule has 0 unspecified atom stereocenters. The first-order valence-electron chi connectivity index (χ1n) is 13.1. The van der Waals surface area contributed by atoms with Crippen molar-refractivity contribution in [2.24, 2.45) is 0 Å². The summed E-state index contributed by atoms with van der Waals surface area (Å²) in [6.07, 6.45) is 0.150. The average molecular weight is 549 g/mol. The van der Waals surface area contributed by atoms with Crippen LogP contribution in [-0.2, 0) is 22.7 Å². The number of aliphatic hydroxyl groups is 3.